The Morgan fingerprint density at radius 1 is 0.794 bits per heavy atom. The van der Waals surface area contributed by atoms with Crippen molar-refractivity contribution >= 4 is 16.8 Å². The number of rotatable bonds is 7. The third-order valence-corrected chi connectivity index (χ3v) is 5.60. The zero-order valence-electron chi connectivity index (χ0n) is 18.2. The van der Waals surface area contributed by atoms with Crippen LogP contribution < -0.4 is 0 Å². The van der Waals surface area contributed by atoms with Gasteiger partial charge in [0.05, 0.1) is 28.7 Å². The van der Waals surface area contributed by atoms with Crippen LogP contribution in [-0.4, -0.2) is 25.3 Å². The fourth-order valence-corrected chi connectivity index (χ4v) is 3.83. The summed E-state index contributed by atoms with van der Waals surface area (Å²) in [4.78, 5) is 26.4. The molecule has 0 atom stereocenters. The molecule has 0 amide bonds. The van der Waals surface area contributed by atoms with Gasteiger partial charge in [0.1, 0.15) is 11.6 Å². The number of ketones is 1. The number of Topliss-reactive ketones (excluding diaryl/α,β-unsaturated/α-hetero) is 1. The molecule has 7 heteroatoms. The molecule has 5 rings (SSSR count). The third kappa shape index (κ3) is 4.59. The molecule has 5 nitrogen and oxygen atoms in total. The van der Waals surface area contributed by atoms with E-state index in [9.17, 15) is 13.6 Å². The van der Waals surface area contributed by atoms with Gasteiger partial charge in [-0.2, -0.15) is 0 Å². The largest absolute Gasteiger partial charge is 0.337 e. The molecule has 34 heavy (non-hydrogen) atoms. The van der Waals surface area contributed by atoms with Crippen molar-refractivity contribution in [3.05, 3.63) is 103 Å². The van der Waals surface area contributed by atoms with E-state index < -0.39 is 0 Å². The van der Waals surface area contributed by atoms with Gasteiger partial charge in [0.2, 0.25) is 0 Å². The van der Waals surface area contributed by atoms with Crippen LogP contribution in [0, 0.1) is 11.6 Å². The molecule has 0 N–H and O–H groups in total. The molecule has 0 fully saturated rings. The number of halogens is 2. The van der Waals surface area contributed by atoms with Gasteiger partial charge in [-0.05, 0) is 73.2 Å². The number of imidazole rings is 1. The van der Waals surface area contributed by atoms with Gasteiger partial charge in [-0.3, -0.25) is 4.79 Å². The highest BCUT2D eigenvalue weighted by molar-refractivity contribution is 5.99. The topological polar surface area (TPSA) is 60.7 Å². The highest BCUT2D eigenvalue weighted by Gasteiger charge is 2.15. The second-order valence-corrected chi connectivity index (χ2v) is 7.97. The van der Waals surface area contributed by atoms with E-state index in [1.807, 2.05) is 10.8 Å². The Bertz CT molecular complexity index is 1450. The zero-order chi connectivity index (χ0) is 23.5. The van der Waals surface area contributed by atoms with Crippen LogP contribution in [0.3, 0.4) is 0 Å². The summed E-state index contributed by atoms with van der Waals surface area (Å²) in [7, 11) is 0. The molecular weight excluding hydrogens is 434 g/mol. The normalized spacial score (nSPS) is 11.1. The SMILES string of the molecule is O=C(CCCn1ccnc1)c1ccc2nc(-c3ccc(F)cc3)c(-c3ccc(F)cc3)nc2c1. The molecule has 0 radical (unpaired) electrons. The molecule has 0 aliphatic rings. The second kappa shape index (κ2) is 9.31. The second-order valence-electron chi connectivity index (χ2n) is 7.97. The predicted octanol–water partition coefficient (Wildman–Crippen LogP) is 6.10. The molecule has 2 heterocycles. The van der Waals surface area contributed by atoms with E-state index in [1.165, 1.54) is 24.3 Å². The molecular formula is C27H20F2N4O. The van der Waals surface area contributed by atoms with Gasteiger partial charge >= 0.3 is 0 Å². The summed E-state index contributed by atoms with van der Waals surface area (Å²) in [6.07, 6.45) is 6.40. The van der Waals surface area contributed by atoms with E-state index in [0.29, 0.717) is 52.0 Å². The molecule has 5 aromatic rings. The minimum absolute atomic E-state index is 0.0229. The Morgan fingerprint density at radius 3 is 2.00 bits per heavy atom. The van der Waals surface area contributed by atoms with Crippen molar-refractivity contribution in [2.75, 3.05) is 0 Å². The van der Waals surface area contributed by atoms with Gasteiger partial charge in [-0.15, -0.1) is 0 Å². The summed E-state index contributed by atoms with van der Waals surface area (Å²) in [5.41, 5.74) is 4.18. The number of aromatic nitrogens is 4. The quantitative estimate of drug-likeness (QED) is 0.279. The number of hydrogen-bond acceptors (Lipinski definition) is 4. The number of benzene rings is 3. The van der Waals surface area contributed by atoms with Crippen LogP contribution in [0.4, 0.5) is 8.78 Å². The third-order valence-electron chi connectivity index (χ3n) is 5.60. The smallest absolute Gasteiger partial charge is 0.163 e. The lowest BCUT2D eigenvalue weighted by atomic mass is 10.0. The molecule has 0 aliphatic heterocycles. The minimum atomic E-state index is -0.357. The van der Waals surface area contributed by atoms with Gasteiger partial charge in [0.15, 0.2) is 5.78 Å². The summed E-state index contributed by atoms with van der Waals surface area (Å²) in [6.45, 7) is 0.717. The first-order valence-corrected chi connectivity index (χ1v) is 10.9. The number of aryl methyl sites for hydroxylation is 1. The lowest BCUT2D eigenvalue weighted by Gasteiger charge is -2.11. The fraction of sp³-hybridized carbons (Fsp3) is 0.111. The summed E-state index contributed by atoms with van der Waals surface area (Å²) in [6, 6.07) is 17.2. The summed E-state index contributed by atoms with van der Waals surface area (Å²) in [5.74, 6) is -0.684. The standard InChI is InChI=1S/C27H20F2N4O/c28-21-8-3-18(4-9-21)26-27(19-5-10-22(29)11-6-19)32-24-16-20(7-12-23(24)31-26)25(34)2-1-14-33-15-13-30-17-33/h3-13,15-17H,1-2,14H2. The van der Waals surface area contributed by atoms with Gasteiger partial charge in [-0.1, -0.05) is 0 Å². The molecule has 0 aliphatic carbocycles. The number of carbonyl (C=O) groups is 1. The van der Waals surface area contributed by atoms with E-state index in [1.54, 1.807) is 55.0 Å². The van der Waals surface area contributed by atoms with Gasteiger partial charge in [0.25, 0.3) is 0 Å². The van der Waals surface area contributed by atoms with Crippen molar-refractivity contribution in [2.24, 2.45) is 0 Å². The van der Waals surface area contributed by atoms with Crippen molar-refractivity contribution in [3.8, 4) is 22.5 Å². The maximum absolute atomic E-state index is 13.5. The Balaban J connectivity index is 1.51. The Labute approximate surface area is 194 Å². The van der Waals surface area contributed by atoms with Crippen LogP contribution in [-0.2, 0) is 6.54 Å². The monoisotopic (exact) mass is 454 g/mol. The van der Waals surface area contributed by atoms with Crippen molar-refractivity contribution < 1.29 is 13.6 Å². The van der Waals surface area contributed by atoms with Crippen LogP contribution in [0.5, 0.6) is 0 Å². The molecule has 0 unspecified atom stereocenters. The van der Waals surface area contributed by atoms with Crippen molar-refractivity contribution in [1.29, 1.82) is 0 Å². The zero-order valence-corrected chi connectivity index (χ0v) is 18.2. The number of carbonyl (C=O) groups excluding carboxylic acids is 1. The van der Waals surface area contributed by atoms with Crippen LogP contribution in [0.2, 0.25) is 0 Å². The Morgan fingerprint density at radius 2 is 1.41 bits per heavy atom. The van der Waals surface area contributed by atoms with Gasteiger partial charge in [-0.25, -0.2) is 23.7 Å². The minimum Gasteiger partial charge on any atom is -0.337 e. The summed E-state index contributed by atoms with van der Waals surface area (Å²) in [5, 5.41) is 0. The van der Waals surface area contributed by atoms with Crippen LogP contribution in [0.25, 0.3) is 33.5 Å². The maximum atomic E-state index is 13.5. The molecule has 3 aromatic carbocycles. The number of hydrogen-bond donors (Lipinski definition) is 0. The van der Waals surface area contributed by atoms with Gasteiger partial charge < -0.3 is 4.57 Å². The fourth-order valence-electron chi connectivity index (χ4n) is 3.83. The van der Waals surface area contributed by atoms with Crippen molar-refractivity contribution in [1.82, 2.24) is 19.5 Å². The van der Waals surface area contributed by atoms with Crippen LogP contribution >= 0.6 is 0 Å². The lowest BCUT2D eigenvalue weighted by Crippen LogP contribution is -2.03. The first-order valence-electron chi connectivity index (χ1n) is 10.9. The van der Waals surface area contributed by atoms with Crippen LogP contribution in [0.15, 0.2) is 85.5 Å². The highest BCUT2D eigenvalue weighted by Crippen LogP contribution is 2.31. The predicted molar refractivity (Wildman–Crippen MR) is 126 cm³/mol. The maximum Gasteiger partial charge on any atom is 0.163 e. The van der Waals surface area contributed by atoms with Crippen LogP contribution in [0.1, 0.15) is 23.2 Å². The Kier molecular flexibility index (Phi) is 5.91. The molecule has 0 saturated heterocycles. The first-order chi connectivity index (χ1) is 16.6. The number of nitrogens with zero attached hydrogens (tertiary/aromatic N) is 4. The molecule has 0 saturated carbocycles. The van der Waals surface area contributed by atoms with E-state index >= 15 is 0 Å². The average Bonchev–Trinajstić information content (AvgIpc) is 3.37. The van der Waals surface area contributed by atoms with Gasteiger partial charge in [0, 0.05) is 42.0 Å². The van der Waals surface area contributed by atoms with E-state index in [2.05, 4.69) is 4.98 Å². The molecule has 0 bridgehead atoms. The van der Waals surface area contributed by atoms with E-state index in [-0.39, 0.29) is 17.4 Å². The first kappa shape index (κ1) is 21.6. The highest BCUT2D eigenvalue weighted by atomic mass is 19.1. The Hall–Kier alpha value is -4.26. The molecule has 168 valence electrons. The van der Waals surface area contributed by atoms with E-state index in [0.717, 1.165) is 6.54 Å². The molecule has 0 spiro atoms. The van der Waals surface area contributed by atoms with Crippen molar-refractivity contribution in [3.63, 3.8) is 0 Å². The lowest BCUT2D eigenvalue weighted by molar-refractivity contribution is 0.0978. The molecule has 2 aromatic heterocycles. The summed E-state index contributed by atoms with van der Waals surface area (Å²) >= 11 is 0. The number of fused-ring (bicyclic) bond motifs is 1. The van der Waals surface area contributed by atoms with Crippen molar-refractivity contribution in [2.45, 2.75) is 19.4 Å². The average molecular weight is 454 g/mol. The summed E-state index contributed by atoms with van der Waals surface area (Å²) < 4.78 is 29.0. The van der Waals surface area contributed by atoms with E-state index in [4.69, 9.17) is 9.97 Å².